The number of unbranched alkanes of at least 4 members (excludes halogenated alkanes) is 1. The lowest BCUT2D eigenvalue weighted by Gasteiger charge is -2.24. The van der Waals surface area contributed by atoms with Crippen molar-refractivity contribution < 1.29 is 8.42 Å². The highest BCUT2D eigenvalue weighted by Gasteiger charge is 2.22. The number of aryl methyl sites for hydroxylation is 2. The zero-order chi connectivity index (χ0) is 21.0. The van der Waals surface area contributed by atoms with Gasteiger partial charge in [-0.25, -0.2) is 8.42 Å². The Kier molecular flexibility index (Phi) is 6.75. The number of benzene rings is 2. The Morgan fingerprint density at radius 3 is 2.34 bits per heavy atom. The van der Waals surface area contributed by atoms with Crippen molar-refractivity contribution in [1.29, 1.82) is 0 Å². The van der Waals surface area contributed by atoms with Crippen molar-refractivity contribution >= 4 is 37.1 Å². The molecule has 0 aliphatic heterocycles. The molecule has 0 amide bonds. The minimum absolute atomic E-state index is 0.204. The van der Waals surface area contributed by atoms with E-state index in [4.69, 9.17) is 0 Å². The first-order chi connectivity index (χ1) is 13.8. The summed E-state index contributed by atoms with van der Waals surface area (Å²) in [6.07, 6.45) is 4.34. The summed E-state index contributed by atoms with van der Waals surface area (Å²) in [6.45, 7) is 4.19. The minimum atomic E-state index is -3.65. The summed E-state index contributed by atoms with van der Waals surface area (Å²) in [4.78, 5) is 7.07. The van der Waals surface area contributed by atoms with Gasteiger partial charge in [0, 0.05) is 23.4 Å². The fourth-order valence-corrected chi connectivity index (χ4v) is 4.75. The lowest BCUT2D eigenvalue weighted by Crippen LogP contribution is -2.15. The number of hydrogen-bond acceptors (Lipinski definition) is 4. The van der Waals surface area contributed by atoms with Crippen LogP contribution in [0.4, 0.5) is 11.4 Å². The van der Waals surface area contributed by atoms with E-state index in [1.165, 1.54) is 6.20 Å². The van der Waals surface area contributed by atoms with E-state index >= 15 is 0 Å². The van der Waals surface area contributed by atoms with Crippen LogP contribution in [0.3, 0.4) is 0 Å². The lowest BCUT2D eigenvalue weighted by molar-refractivity contribution is 0.595. The maximum absolute atomic E-state index is 13.2. The molecule has 1 aromatic heterocycles. The summed E-state index contributed by atoms with van der Waals surface area (Å²) in [5, 5.41) is 0. The van der Waals surface area contributed by atoms with Crippen LogP contribution in [0.2, 0.25) is 0 Å². The molecule has 6 heteroatoms. The first-order valence-electron chi connectivity index (χ1n) is 9.63. The van der Waals surface area contributed by atoms with Gasteiger partial charge in [0.2, 0.25) is 9.84 Å². The van der Waals surface area contributed by atoms with Gasteiger partial charge < -0.3 is 4.90 Å². The number of anilines is 2. The standard InChI is InChI=1S/C23H25BrN2O2S/c1-4-5-9-21-23(26(3)22-10-7-6-8-17(22)2)15-20(16-25-21)29(27,28)19-13-11-18(24)12-14-19/h6-8,10-16H,4-5,9H2,1-3H3. The Hall–Kier alpha value is -2.18. The van der Waals surface area contributed by atoms with Gasteiger partial charge in [-0.3, -0.25) is 4.98 Å². The average Bonchev–Trinajstić information content (AvgIpc) is 2.72. The molecule has 0 unspecified atom stereocenters. The predicted molar refractivity (Wildman–Crippen MR) is 122 cm³/mol. The van der Waals surface area contributed by atoms with E-state index in [0.717, 1.165) is 46.4 Å². The second kappa shape index (κ2) is 9.09. The van der Waals surface area contributed by atoms with E-state index in [0.29, 0.717) is 0 Å². The van der Waals surface area contributed by atoms with Crippen LogP contribution < -0.4 is 4.90 Å². The van der Waals surface area contributed by atoms with Gasteiger partial charge >= 0.3 is 0 Å². The minimum Gasteiger partial charge on any atom is -0.343 e. The monoisotopic (exact) mass is 472 g/mol. The Balaban J connectivity index is 2.10. The number of hydrogen-bond donors (Lipinski definition) is 0. The fraction of sp³-hybridized carbons (Fsp3) is 0.261. The zero-order valence-corrected chi connectivity index (χ0v) is 19.3. The van der Waals surface area contributed by atoms with Gasteiger partial charge in [0.25, 0.3) is 0 Å². The quantitative estimate of drug-likeness (QED) is 0.416. The van der Waals surface area contributed by atoms with Crippen molar-refractivity contribution in [3.8, 4) is 0 Å². The summed E-state index contributed by atoms with van der Waals surface area (Å²) in [5.41, 5.74) is 3.89. The molecule has 0 N–H and O–H groups in total. The molecule has 0 radical (unpaired) electrons. The van der Waals surface area contributed by atoms with Crippen molar-refractivity contribution in [2.45, 2.75) is 42.9 Å². The number of halogens is 1. The van der Waals surface area contributed by atoms with Crippen molar-refractivity contribution in [3.63, 3.8) is 0 Å². The van der Waals surface area contributed by atoms with Crippen molar-refractivity contribution in [1.82, 2.24) is 4.98 Å². The molecule has 4 nitrogen and oxygen atoms in total. The number of para-hydroxylation sites is 1. The first-order valence-corrected chi connectivity index (χ1v) is 11.9. The zero-order valence-electron chi connectivity index (χ0n) is 16.9. The summed E-state index contributed by atoms with van der Waals surface area (Å²) in [6, 6.07) is 16.5. The number of aromatic nitrogens is 1. The number of nitrogens with zero attached hydrogens (tertiary/aromatic N) is 2. The van der Waals surface area contributed by atoms with E-state index in [1.54, 1.807) is 30.3 Å². The predicted octanol–water partition coefficient (Wildman–Crippen LogP) is 6.10. The Morgan fingerprint density at radius 2 is 1.69 bits per heavy atom. The number of pyridine rings is 1. The molecular formula is C23H25BrN2O2S. The van der Waals surface area contributed by atoms with Crippen LogP contribution in [0.15, 0.2) is 75.1 Å². The molecular weight excluding hydrogens is 448 g/mol. The van der Waals surface area contributed by atoms with E-state index < -0.39 is 9.84 Å². The van der Waals surface area contributed by atoms with Crippen LogP contribution in [-0.4, -0.2) is 20.4 Å². The molecule has 1 heterocycles. The Bertz CT molecular complexity index is 1100. The summed E-state index contributed by atoms with van der Waals surface area (Å²) in [5.74, 6) is 0. The van der Waals surface area contributed by atoms with Gasteiger partial charge in [-0.1, -0.05) is 47.5 Å². The second-order valence-electron chi connectivity index (χ2n) is 7.04. The van der Waals surface area contributed by atoms with Gasteiger partial charge in [-0.15, -0.1) is 0 Å². The van der Waals surface area contributed by atoms with Crippen LogP contribution in [0.5, 0.6) is 0 Å². The number of sulfone groups is 1. The van der Waals surface area contributed by atoms with E-state index in [1.807, 2.05) is 43.1 Å². The third kappa shape index (κ3) is 4.70. The summed E-state index contributed by atoms with van der Waals surface area (Å²) >= 11 is 3.35. The molecule has 0 aliphatic rings. The smallest absolute Gasteiger partial charge is 0.208 e. The molecule has 0 atom stereocenters. The molecule has 0 spiro atoms. The first kappa shape index (κ1) is 21.5. The molecule has 0 fully saturated rings. The molecule has 3 rings (SSSR count). The van der Waals surface area contributed by atoms with Crippen molar-refractivity contribution in [3.05, 3.63) is 76.5 Å². The van der Waals surface area contributed by atoms with Gasteiger partial charge in [0.15, 0.2) is 0 Å². The Morgan fingerprint density at radius 1 is 1.00 bits per heavy atom. The third-order valence-electron chi connectivity index (χ3n) is 4.96. The maximum atomic E-state index is 13.2. The van der Waals surface area contributed by atoms with Gasteiger partial charge in [0.05, 0.1) is 21.2 Å². The molecule has 0 saturated carbocycles. The van der Waals surface area contributed by atoms with Crippen molar-refractivity contribution in [2.75, 3.05) is 11.9 Å². The average molecular weight is 473 g/mol. The molecule has 29 heavy (non-hydrogen) atoms. The lowest BCUT2D eigenvalue weighted by atomic mass is 10.1. The molecule has 3 aromatic rings. The molecule has 0 saturated heterocycles. The molecule has 0 aliphatic carbocycles. The summed E-state index contributed by atoms with van der Waals surface area (Å²) < 4.78 is 27.2. The number of rotatable bonds is 7. The normalized spacial score (nSPS) is 11.4. The SMILES string of the molecule is CCCCc1ncc(S(=O)(=O)c2ccc(Br)cc2)cc1N(C)c1ccccc1C. The van der Waals surface area contributed by atoms with Crippen LogP contribution in [0.1, 0.15) is 31.0 Å². The fourth-order valence-electron chi connectivity index (χ4n) is 3.26. The van der Waals surface area contributed by atoms with E-state index in [9.17, 15) is 8.42 Å². The highest BCUT2D eigenvalue weighted by Crippen LogP contribution is 2.32. The molecule has 152 valence electrons. The largest absolute Gasteiger partial charge is 0.343 e. The van der Waals surface area contributed by atoms with E-state index in [-0.39, 0.29) is 9.79 Å². The van der Waals surface area contributed by atoms with Crippen LogP contribution in [0, 0.1) is 6.92 Å². The van der Waals surface area contributed by atoms with Crippen LogP contribution >= 0.6 is 15.9 Å². The van der Waals surface area contributed by atoms with Gasteiger partial charge in [0.1, 0.15) is 0 Å². The van der Waals surface area contributed by atoms with Gasteiger partial charge in [-0.05, 0) is 61.7 Å². The Labute approximate surface area is 181 Å². The van der Waals surface area contributed by atoms with Gasteiger partial charge in [-0.2, -0.15) is 0 Å². The molecule has 0 bridgehead atoms. The summed E-state index contributed by atoms with van der Waals surface area (Å²) in [7, 11) is -1.69. The molecule has 2 aromatic carbocycles. The maximum Gasteiger partial charge on any atom is 0.208 e. The van der Waals surface area contributed by atoms with Crippen LogP contribution in [0.25, 0.3) is 0 Å². The van der Waals surface area contributed by atoms with Crippen molar-refractivity contribution in [2.24, 2.45) is 0 Å². The van der Waals surface area contributed by atoms with Crippen LogP contribution in [-0.2, 0) is 16.3 Å². The van der Waals surface area contributed by atoms with E-state index in [2.05, 4.69) is 27.8 Å². The second-order valence-corrected chi connectivity index (χ2v) is 9.91. The highest BCUT2D eigenvalue weighted by atomic mass is 79.9. The topological polar surface area (TPSA) is 50.3 Å². The third-order valence-corrected chi connectivity index (χ3v) is 7.23. The highest BCUT2D eigenvalue weighted by molar-refractivity contribution is 9.10.